The number of hydrogen-bond donors (Lipinski definition) is 0. The molecular weight excluding hydrogens is 336 g/mol. The SMILES string of the molecule is CCCCN1CC[C@@H]2[C@@H](C1)c1cccc(Sc3ccc(C)cc3)c1N2C. The van der Waals surface area contributed by atoms with E-state index in [2.05, 4.69) is 73.2 Å². The Hall–Kier alpha value is -1.45. The second kappa shape index (κ2) is 7.66. The number of likely N-dealkylation sites (tertiary alicyclic amines) is 1. The number of aryl methyl sites for hydroxylation is 1. The molecule has 0 aliphatic carbocycles. The second-order valence-electron chi connectivity index (χ2n) is 7.84. The highest BCUT2D eigenvalue weighted by Crippen LogP contribution is 2.49. The second-order valence-corrected chi connectivity index (χ2v) is 8.95. The number of rotatable bonds is 5. The molecule has 0 saturated carbocycles. The van der Waals surface area contributed by atoms with E-state index in [9.17, 15) is 0 Å². The first-order chi connectivity index (χ1) is 12.7. The van der Waals surface area contributed by atoms with Gasteiger partial charge in [-0.3, -0.25) is 0 Å². The van der Waals surface area contributed by atoms with Crippen LogP contribution in [0.4, 0.5) is 5.69 Å². The lowest BCUT2D eigenvalue weighted by Crippen LogP contribution is -2.45. The van der Waals surface area contributed by atoms with Crippen LogP contribution < -0.4 is 4.90 Å². The van der Waals surface area contributed by atoms with E-state index < -0.39 is 0 Å². The lowest BCUT2D eigenvalue weighted by molar-refractivity contribution is 0.193. The maximum Gasteiger partial charge on any atom is 0.0544 e. The van der Waals surface area contributed by atoms with Gasteiger partial charge in [0.1, 0.15) is 0 Å². The summed E-state index contributed by atoms with van der Waals surface area (Å²) in [5.74, 6) is 0.666. The van der Waals surface area contributed by atoms with Crippen molar-refractivity contribution in [3.63, 3.8) is 0 Å². The van der Waals surface area contributed by atoms with E-state index >= 15 is 0 Å². The summed E-state index contributed by atoms with van der Waals surface area (Å²) in [6.07, 6.45) is 3.90. The Bertz CT molecular complexity index is 755. The van der Waals surface area contributed by atoms with E-state index in [1.165, 1.54) is 59.9 Å². The van der Waals surface area contributed by atoms with Gasteiger partial charge in [0.25, 0.3) is 0 Å². The minimum absolute atomic E-state index is 0.666. The van der Waals surface area contributed by atoms with E-state index in [0.717, 1.165) is 0 Å². The van der Waals surface area contributed by atoms with Crippen LogP contribution in [0.1, 0.15) is 43.2 Å². The summed E-state index contributed by atoms with van der Waals surface area (Å²) in [6.45, 7) is 8.18. The summed E-state index contributed by atoms with van der Waals surface area (Å²) in [5, 5.41) is 0. The Morgan fingerprint density at radius 3 is 2.69 bits per heavy atom. The largest absolute Gasteiger partial charge is 0.370 e. The van der Waals surface area contributed by atoms with Gasteiger partial charge in [0.05, 0.1) is 5.69 Å². The third kappa shape index (κ3) is 3.39. The van der Waals surface area contributed by atoms with Crippen LogP contribution in [0.3, 0.4) is 0 Å². The molecule has 0 N–H and O–H groups in total. The highest BCUT2D eigenvalue weighted by molar-refractivity contribution is 7.99. The molecular formula is C23H30N2S. The molecule has 0 spiro atoms. The molecule has 138 valence electrons. The average molecular weight is 367 g/mol. The van der Waals surface area contributed by atoms with E-state index in [4.69, 9.17) is 0 Å². The van der Waals surface area contributed by atoms with Crippen LogP contribution in [0.2, 0.25) is 0 Å². The molecule has 2 nitrogen and oxygen atoms in total. The normalized spacial score (nSPS) is 22.3. The molecule has 0 bridgehead atoms. The smallest absolute Gasteiger partial charge is 0.0544 e. The minimum Gasteiger partial charge on any atom is -0.370 e. The number of benzene rings is 2. The molecule has 0 aromatic heterocycles. The third-order valence-electron chi connectivity index (χ3n) is 6.02. The van der Waals surface area contributed by atoms with Crippen molar-refractivity contribution in [3.8, 4) is 0 Å². The van der Waals surface area contributed by atoms with E-state index in [-0.39, 0.29) is 0 Å². The molecule has 3 heteroatoms. The molecule has 1 saturated heterocycles. The Morgan fingerprint density at radius 2 is 1.92 bits per heavy atom. The number of piperidine rings is 1. The zero-order valence-electron chi connectivity index (χ0n) is 16.2. The quantitative estimate of drug-likeness (QED) is 0.684. The standard InChI is InChI=1S/C23H30N2S/c1-4-5-14-25-15-13-21-20(16-25)19-7-6-8-22(23(19)24(21)3)26-18-11-9-17(2)10-12-18/h6-12,20-21H,4-5,13-16H2,1-3H3/t20-,21+/m0/s1. The van der Waals surface area contributed by atoms with Crippen LogP contribution >= 0.6 is 11.8 Å². The number of anilines is 1. The monoisotopic (exact) mass is 366 g/mol. The van der Waals surface area contributed by atoms with Crippen molar-refractivity contribution in [2.75, 3.05) is 31.6 Å². The maximum absolute atomic E-state index is 2.69. The van der Waals surface area contributed by atoms with Gasteiger partial charge < -0.3 is 9.80 Å². The number of fused-ring (bicyclic) bond motifs is 3. The van der Waals surface area contributed by atoms with E-state index in [1.807, 2.05) is 11.8 Å². The van der Waals surface area contributed by atoms with Crippen molar-refractivity contribution in [2.45, 2.75) is 54.9 Å². The van der Waals surface area contributed by atoms with Crippen molar-refractivity contribution >= 4 is 17.4 Å². The maximum atomic E-state index is 2.69. The Labute approximate surface area is 162 Å². The third-order valence-corrected chi connectivity index (χ3v) is 7.07. The lowest BCUT2D eigenvalue weighted by Gasteiger charge is -2.37. The Morgan fingerprint density at radius 1 is 1.12 bits per heavy atom. The summed E-state index contributed by atoms with van der Waals surface area (Å²) < 4.78 is 0. The van der Waals surface area contributed by atoms with Gasteiger partial charge in [-0.1, -0.05) is 54.9 Å². The van der Waals surface area contributed by atoms with Gasteiger partial charge >= 0.3 is 0 Å². The molecule has 2 aromatic rings. The molecule has 4 rings (SSSR count). The average Bonchev–Trinajstić information content (AvgIpc) is 2.95. The first-order valence-corrected chi connectivity index (χ1v) is 10.8. The van der Waals surface area contributed by atoms with Gasteiger partial charge in [-0.25, -0.2) is 0 Å². The highest BCUT2D eigenvalue weighted by Gasteiger charge is 2.41. The van der Waals surface area contributed by atoms with Crippen LogP contribution in [0.5, 0.6) is 0 Å². The number of nitrogens with zero attached hydrogens (tertiary/aromatic N) is 2. The topological polar surface area (TPSA) is 6.48 Å². The molecule has 2 aliphatic heterocycles. The molecule has 2 heterocycles. The minimum atomic E-state index is 0.666. The van der Waals surface area contributed by atoms with Crippen molar-refractivity contribution in [3.05, 3.63) is 53.6 Å². The first kappa shape index (κ1) is 17.9. The molecule has 0 unspecified atom stereocenters. The number of hydrogen-bond acceptors (Lipinski definition) is 3. The molecule has 0 amide bonds. The van der Waals surface area contributed by atoms with Crippen LogP contribution in [0, 0.1) is 6.92 Å². The summed E-state index contributed by atoms with van der Waals surface area (Å²) in [6, 6.07) is 16.5. The predicted molar refractivity (Wildman–Crippen MR) is 113 cm³/mol. The van der Waals surface area contributed by atoms with E-state index in [0.29, 0.717) is 12.0 Å². The van der Waals surface area contributed by atoms with Crippen LogP contribution in [0.25, 0.3) is 0 Å². The van der Waals surface area contributed by atoms with Gasteiger partial charge in [-0.2, -0.15) is 0 Å². The molecule has 0 radical (unpaired) electrons. The summed E-state index contributed by atoms with van der Waals surface area (Å²) in [5.41, 5.74) is 4.36. The van der Waals surface area contributed by atoms with Gasteiger partial charge in [0.2, 0.25) is 0 Å². The zero-order chi connectivity index (χ0) is 18.1. The van der Waals surface area contributed by atoms with Gasteiger partial charge in [0.15, 0.2) is 0 Å². The van der Waals surface area contributed by atoms with Crippen LogP contribution in [-0.2, 0) is 0 Å². The van der Waals surface area contributed by atoms with Crippen molar-refractivity contribution < 1.29 is 0 Å². The predicted octanol–water partition coefficient (Wildman–Crippen LogP) is 5.55. The number of unbranched alkanes of at least 4 members (excludes halogenated alkanes) is 1. The van der Waals surface area contributed by atoms with Gasteiger partial charge in [0, 0.05) is 41.9 Å². The molecule has 26 heavy (non-hydrogen) atoms. The van der Waals surface area contributed by atoms with E-state index in [1.54, 1.807) is 5.56 Å². The Kier molecular flexibility index (Phi) is 5.28. The molecule has 2 atom stereocenters. The Balaban J connectivity index is 1.60. The zero-order valence-corrected chi connectivity index (χ0v) is 17.1. The number of likely N-dealkylation sites (N-methyl/N-ethyl adjacent to an activating group) is 1. The highest BCUT2D eigenvalue weighted by atomic mass is 32.2. The molecule has 1 fully saturated rings. The van der Waals surface area contributed by atoms with Crippen molar-refractivity contribution in [1.82, 2.24) is 4.90 Å². The molecule has 2 aliphatic rings. The van der Waals surface area contributed by atoms with Crippen LogP contribution in [0.15, 0.2) is 52.3 Å². The summed E-state index contributed by atoms with van der Waals surface area (Å²) in [7, 11) is 2.31. The fraction of sp³-hybridized carbons (Fsp3) is 0.478. The van der Waals surface area contributed by atoms with Crippen molar-refractivity contribution in [2.24, 2.45) is 0 Å². The summed E-state index contributed by atoms with van der Waals surface area (Å²) >= 11 is 1.91. The molecule has 2 aromatic carbocycles. The van der Waals surface area contributed by atoms with Gasteiger partial charge in [-0.05, 0) is 50.1 Å². The van der Waals surface area contributed by atoms with Gasteiger partial charge in [-0.15, -0.1) is 0 Å². The van der Waals surface area contributed by atoms with Crippen molar-refractivity contribution in [1.29, 1.82) is 0 Å². The lowest BCUT2D eigenvalue weighted by atomic mass is 9.89. The fourth-order valence-electron chi connectivity index (χ4n) is 4.56. The first-order valence-electron chi connectivity index (χ1n) is 10.00. The fourth-order valence-corrected chi connectivity index (χ4v) is 5.59. The van der Waals surface area contributed by atoms with Crippen LogP contribution in [-0.4, -0.2) is 37.6 Å². The summed E-state index contributed by atoms with van der Waals surface area (Å²) in [4.78, 5) is 8.00. The number of para-hydroxylation sites is 1.